The predicted octanol–water partition coefficient (Wildman–Crippen LogP) is -0.0831. The molecule has 0 aliphatic rings. The number of nitrogens with zero attached hydrogens (tertiary/aromatic N) is 1. The maximum absolute atomic E-state index is 10.8. The number of hydrogen-bond donors (Lipinski definition) is 4. The Bertz CT molecular complexity index is 454. The van der Waals surface area contributed by atoms with Gasteiger partial charge in [0.05, 0.1) is 5.69 Å². The molecule has 0 saturated heterocycles. The van der Waals surface area contributed by atoms with Crippen molar-refractivity contribution in [2.75, 3.05) is 0 Å². The number of H-pyrrole nitrogens is 3. The van der Waals surface area contributed by atoms with Gasteiger partial charge >= 0.3 is 5.69 Å². The first-order chi connectivity index (χ1) is 6.75. The Morgan fingerprint density at radius 1 is 1.36 bits per heavy atom. The zero-order valence-corrected chi connectivity index (χ0v) is 7.37. The minimum Gasteiger partial charge on any atom is -0.493 e. The van der Waals surface area contributed by atoms with Gasteiger partial charge in [0.15, 0.2) is 0 Å². The molecule has 6 heteroatoms. The Morgan fingerprint density at radius 2 is 2.21 bits per heavy atom. The second kappa shape index (κ2) is 3.41. The van der Waals surface area contributed by atoms with Crippen LogP contribution in [0.15, 0.2) is 17.2 Å². The smallest absolute Gasteiger partial charge is 0.325 e. The number of hydrogen-bond acceptors (Lipinski definition) is 3. The van der Waals surface area contributed by atoms with Crippen LogP contribution in [-0.4, -0.2) is 25.0 Å². The first kappa shape index (κ1) is 8.61. The van der Waals surface area contributed by atoms with Crippen LogP contribution in [0.2, 0.25) is 0 Å². The van der Waals surface area contributed by atoms with E-state index in [4.69, 9.17) is 0 Å². The van der Waals surface area contributed by atoms with Crippen LogP contribution < -0.4 is 5.69 Å². The van der Waals surface area contributed by atoms with Gasteiger partial charge in [-0.25, -0.2) is 9.78 Å². The molecule has 0 saturated carbocycles. The van der Waals surface area contributed by atoms with Crippen LogP contribution in [0.3, 0.4) is 0 Å². The zero-order chi connectivity index (χ0) is 9.97. The molecule has 0 aliphatic heterocycles. The molecule has 0 amide bonds. The number of aryl methyl sites for hydroxylation is 2. The van der Waals surface area contributed by atoms with E-state index in [0.717, 1.165) is 5.82 Å². The van der Waals surface area contributed by atoms with Crippen molar-refractivity contribution in [3.63, 3.8) is 0 Å². The molecular formula is C8H10N4O2. The molecule has 2 heterocycles. The maximum atomic E-state index is 10.8. The monoisotopic (exact) mass is 194 g/mol. The first-order valence-electron chi connectivity index (χ1n) is 4.24. The molecule has 2 aromatic rings. The van der Waals surface area contributed by atoms with Crippen molar-refractivity contribution in [2.45, 2.75) is 12.8 Å². The third kappa shape index (κ3) is 1.68. The Labute approximate surface area is 79.0 Å². The summed E-state index contributed by atoms with van der Waals surface area (Å²) in [5.74, 6) is 0.730. The van der Waals surface area contributed by atoms with E-state index in [1.54, 1.807) is 12.4 Å². The molecule has 0 radical (unpaired) electrons. The molecule has 6 nitrogen and oxygen atoms in total. The summed E-state index contributed by atoms with van der Waals surface area (Å²) < 4.78 is 0. The summed E-state index contributed by atoms with van der Waals surface area (Å²) in [5, 5.41) is 9.24. The molecule has 0 bridgehead atoms. The lowest BCUT2D eigenvalue weighted by Gasteiger charge is -1.95. The van der Waals surface area contributed by atoms with E-state index >= 15 is 0 Å². The van der Waals surface area contributed by atoms with Crippen LogP contribution in [-0.2, 0) is 12.8 Å². The summed E-state index contributed by atoms with van der Waals surface area (Å²) in [7, 11) is 0. The highest BCUT2D eigenvalue weighted by atomic mass is 16.3. The van der Waals surface area contributed by atoms with Crippen LogP contribution in [0.4, 0.5) is 0 Å². The molecular weight excluding hydrogens is 184 g/mol. The summed E-state index contributed by atoms with van der Waals surface area (Å²) in [6.07, 6.45) is 4.58. The number of rotatable bonds is 3. The average molecular weight is 194 g/mol. The van der Waals surface area contributed by atoms with Crippen molar-refractivity contribution in [1.29, 1.82) is 0 Å². The van der Waals surface area contributed by atoms with Crippen molar-refractivity contribution in [3.8, 4) is 5.88 Å². The maximum Gasteiger partial charge on any atom is 0.325 e. The van der Waals surface area contributed by atoms with Gasteiger partial charge in [0.25, 0.3) is 0 Å². The lowest BCUT2D eigenvalue weighted by Crippen LogP contribution is -2.02. The molecule has 14 heavy (non-hydrogen) atoms. The Morgan fingerprint density at radius 3 is 2.79 bits per heavy atom. The number of aromatic hydroxyl groups is 1. The molecule has 0 spiro atoms. The van der Waals surface area contributed by atoms with E-state index in [1.807, 2.05) is 0 Å². The van der Waals surface area contributed by atoms with Crippen molar-refractivity contribution in [2.24, 2.45) is 0 Å². The molecule has 0 fully saturated rings. The third-order valence-electron chi connectivity index (χ3n) is 1.95. The van der Waals surface area contributed by atoms with E-state index < -0.39 is 5.69 Å². The van der Waals surface area contributed by atoms with Gasteiger partial charge in [-0.1, -0.05) is 0 Å². The molecule has 2 aromatic heterocycles. The molecule has 2 rings (SSSR count). The molecule has 0 atom stereocenters. The highest BCUT2D eigenvalue weighted by molar-refractivity contribution is 5.16. The summed E-state index contributed by atoms with van der Waals surface area (Å²) in [6, 6.07) is 0. The largest absolute Gasteiger partial charge is 0.493 e. The Kier molecular flexibility index (Phi) is 2.10. The highest BCUT2D eigenvalue weighted by Gasteiger charge is 2.05. The predicted molar refractivity (Wildman–Crippen MR) is 49.1 cm³/mol. The van der Waals surface area contributed by atoms with Gasteiger partial charge in [-0.3, -0.25) is 4.98 Å². The Balaban J connectivity index is 2.05. The van der Waals surface area contributed by atoms with Crippen molar-refractivity contribution in [1.82, 2.24) is 19.9 Å². The third-order valence-corrected chi connectivity index (χ3v) is 1.95. The second-order valence-electron chi connectivity index (χ2n) is 2.94. The topological polar surface area (TPSA) is 97.6 Å². The fraction of sp³-hybridized carbons (Fsp3) is 0.250. The first-order valence-corrected chi connectivity index (χ1v) is 4.24. The second-order valence-corrected chi connectivity index (χ2v) is 2.94. The summed E-state index contributed by atoms with van der Waals surface area (Å²) >= 11 is 0. The highest BCUT2D eigenvalue weighted by Crippen LogP contribution is 2.09. The minimum absolute atomic E-state index is 0.0958. The number of aromatic nitrogens is 4. The lowest BCUT2D eigenvalue weighted by molar-refractivity contribution is 0.448. The number of aromatic amines is 3. The van der Waals surface area contributed by atoms with Gasteiger partial charge in [-0.05, 0) is 6.42 Å². The van der Waals surface area contributed by atoms with Gasteiger partial charge in [0.2, 0.25) is 5.88 Å². The van der Waals surface area contributed by atoms with Crippen LogP contribution in [0, 0.1) is 0 Å². The van der Waals surface area contributed by atoms with E-state index in [-0.39, 0.29) is 5.88 Å². The van der Waals surface area contributed by atoms with Gasteiger partial charge in [0.1, 0.15) is 5.82 Å². The van der Waals surface area contributed by atoms with Gasteiger partial charge in [-0.2, -0.15) is 0 Å². The van der Waals surface area contributed by atoms with Crippen molar-refractivity contribution < 1.29 is 5.11 Å². The van der Waals surface area contributed by atoms with Crippen molar-refractivity contribution in [3.05, 3.63) is 34.4 Å². The van der Waals surface area contributed by atoms with Crippen molar-refractivity contribution >= 4 is 0 Å². The summed E-state index contributed by atoms with van der Waals surface area (Å²) in [6.45, 7) is 0. The quantitative estimate of drug-likeness (QED) is 0.550. The summed E-state index contributed by atoms with van der Waals surface area (Å²) in [5.41, 5.74) is 0.114. The minimum atomic E-state index is -0.392. The molecule has 0 aliphatic carbocycles. The van der Waals surface area contributed by atoms with Gasteiger partial charge in [0, 0.05) is 18.8 Å². The van der Waals surface area contributed by atoms with Crippen LogP contribution in [0.25, 0.3) is 0 Å². The van der Waals surface area contributed by atoms with E-state index in [1.165, 1.54) is 0 Å². The van der Waals surface area contributed by atoms with Gasteiger partial charge < -0.3 is 15.1 Å². The van der Waals surface area contributed by atoms with Crippen LogP contribution in [0.5, 0.6) is 5.88 Å². The molecule has 0 unspecified atom stereocenters. The standard InChI is InChI=1S/C8H10N4O2/c13-7-5(11-8(14)12-7)1-2-6-9-3-4-10-6/h3-4,13H,1-2H2,(H,9,10)(H2,11,12,14). The van der Waals surface area contributed by atoms with Crippen LogP contribution in [0.1, 0.15) is 11.5 Å². The average Bonchev–Trinajstić information content (AvgIpc) is 2.72. The fourth-order valence-corrected chi connectivity index (χ4v) is 1.27. The zero-order valence-electron chi connectivity index (χ0n) is 7.37. The molecule has 0 aromatic carbocycles. The lowest BCUT2D eigenvalue weighted by atomic mass is 10.2. The number of imidazole rings is 2. The van der Waals surface area contributed by atoms with Gasteiger partial charge in [-0.15, -0.1) is 0 Å². The normalized spacial score (nSPS) is 10.6. The SMILES string of the molecule is O=c1[nH]c(O)c(CCc2ncc[nH]2)[nH]1. The van der Waals surface area contributed by atoms with E-state index in [9.17, 15) is 9.90 Å². The summed E-state index contributed by atoms with van der Waals surface area (Å²) in [4.78, 5) is 22.5. The molecule has 4 N–H and O–H groups in total. The fourth-order valence-electron chi connectivity index (χ4n) is 1.27. The van der Waals surface area contributed by atoms with E-state index in [2.05, 4.69) is 19.9 Å². The van der Waals surface area contributed by atoms with Crippen LogP contribution >= 0.6 is 0 Å². The van der Waals surface area contributed by atoms with E-state index in [0.29, 0.717) is 18.5 Å². The number of nitrogens with one attached hydrogen (secondary N) is 3. The molecule has 74 valence electrons. The Hall–Kier alpha value is -1.98.